The molecule has 2 aromatic heterocycles. The number of esters is 1. The van der Waals surface area contributed by atoms with Gasteiger partial charge in [-0.25, -0.2) is 4.98 Å². The molecule has 0 N–H and O–H groups in total. The molecule has 0 aliphatic heterocycles. The van der Waals surface area contributed by atoms with Crippen molar-refractivity contribution in [2.24, 2.45) is 0 Å². The van der Waals surface area contributed by atoms with Crippen LogP contribution in [-0.2, 0) is 16.1 Å². The first-order valence-corrected chi connectivity index (χ1v) is 7.71. The van der Waals surface area contributed by atoms with Crippen LogP contribution >= 0.6 is 11.3 Å². The summed E-state index contributed by atoms with van der Waals surface area (Å²) in [5, 5.41) is 5.64. The average molecular weight is 307 g/mol. The lowest BCUT2D eigenvalue weighted by Crippen LogP contribution is -2.13. The van der Waals surface area contributed by atoms with Crippen molar-refractivity contribution in [2.45, 2.75) is 47.1 Å². The number of aryl methyl sites for hydroxylation is 3. The Bertz CT molecular complexity index is 673. The van der Waals surface area contributed by atoms with E-state index in [1.54, 1.807) is 11.3 Å². The Balaban J connectivity index is 2.35. The van der Waals surface area contributed by atoms with Crippen molar-refractivity contribution in [1.82, 2.24) is 14.8 Å². The molecule has 0 aromatic carbocycles. The van der Waals surface area contributed by atoms with Gasteiger partial charge in [0.2, 0.25) is 0 Å². The van der Waals surface area contributed by atoms with Crippen LogP contribution in [0.15, 0.2) is 0 Å². The number of carbonyl (C=O) groups is 1. The van der Waals surface area contributed by atoms with Gasteiger partial charge in [-0.15, -0.1) is 11.3 Å². The van der Waals surface area contributed by atoms with E-state index in [1.807, 2.05) is 39.3 Å². The molecule has 0 radical (unpaired) electrons. The third-order valence-electron chi connectivity index (χ3n) is 3.72. The molecule has 2 heterocycles. The van der Waals surface area contributed by atoms with E-state index < -0.39 is 0 Å². The van der Waals surface area contributed by atoms with E-state index in [0.29, 0.717) is 6.54 Å². The SMILES string of the molecule is COC(=O)C(C)c1c(C)nn(Cc2sc(C)nc2C)c1C. The molecule has 6 heteroatoms. The zero-order chi connectivity index (χ0) is 15.7. The van der Waals surface area contributed by atoms with Crippen molar-refractivity contribution in [3.05, 3.63) is 32.5 Å². The van der Waals surface area contributed by atoms with Gasteiger partial charge in [0.25, 0.3) is 0 Å². The summed E-state index contributed by atoms with van der Waals surface area (Å²) >= 11 is 1.69. The van der Waals surface area contributed by atoms with Gasteiger partial charge in [0, 0.05) is 16.1 Å². The fourth-order valence-corrected chi connectivity index (χ4v) is 3.56. The summed E-state index contributed by atoms with van der Waals surface area (Å²) in [5.41, 5.74) is 3.90. The van der Waals surface area contributed by atoms with Crippen molar-refractivity contribution in [2.75, 3.05) is 7.11 Å². The molecule has 0 spiro atoms. The van der Waals surface area contributed by atoms with Crippen molar-refractivity contribution >= 4 is 17.3 Å². The number of nitrogens with zero attached hydrogens (tertiary/aromatic N) is 3. The van der Waals surface area contributed by atoms with Gasteiger partial charge in [0.15, 0.2) is 0 Å². The lowest BCUT2D eigenvalue weighted by molar-refractivity contribution is -0.142. The molecule has 1 atom stereocenters. The van der Waals surface area contributed by atoms with Crippen LogP contribution < -0.4 is 0 Å². The maximum Gasteiger partial charge on any atom is 0.312 e. The first kappa shape index (κ1) is 15.7. The van der Waals surface area contributed by atoms with Crippen LogP contribution in [0, 0.1) is 27.7 Å². The molecule has 2 aromatic rings. The Morgan fingerprint density at radius 3 is 2.48 bits per heavy atom. The molecule has 1 unspecified atom stereocenters. The summed E-state index contributed by atoms with van der Waals surface area (Å²) in [6, 6.07) is 0. The highest BCUT2D eigenvalue weighted by molar-refractivity contribution is 7.11. The number of thiazole rings is 1. The molecular weight excluding hydrogens is 286 g/mol. The molecule has 0 saturated heterocycles. The smallest absolute Gasteiger partial charge is 0.312 e. The van der Waals surface area contributed by atoms with Gasteiger partial charge in [0.1, 0.15) is 0 Å². The molecule has 0 aliphatic carbocycles. The number of rotatable bonds is 4. The molecule has 0 aliphatic rings. The molecule has 114 valence electrons. The average Bonchev–Trinajstić information content (AvgIpc) is 2.88. The minimum absolute atomic E-state index is 0.231. The van der Waals surface area contributed by atoms with E-state index in [0.717, 1.165) is 27.7 Å². The molecular formula is C15H21N3O2S. The zero-order valence-corrected chi connectivity index (χ0v) is 14.2. The monoisotopic (exact) mass is 307 g/mol. The maximum absolute atomic E-state index is 11.8. The Hall–Kier alpha value is -1.69. The summed E-state index contributed by atoms with van der Waals surface area (Å²) in [7, 11) is 1.41. The standard InChI is InChI=1S/C15H21N3O2S/c1-8(15(19)20-6)14-10(3)17-18(11(14)4)7-13-9(2)16-12(5)21-13/h8H,7H2,1-6H3. The number of hydrogen-bond donors (Lipinski definition) is 0. The molecule has 0 amide bonds. The zero-order valence-electron chi connectivity index (χ0n) is 13.4. The maximum atomic E-state index is 11.8. The number of hydrogen-bond acceptors (Lipinski definition) is 5. The van der Waals surface area contributed by atoms with Crippen molar-refractivity contribution in [3.63, 3.8) is 0 Å². The van der Waals surface area contributed by atoms with Gasteiger partial charge < -0.3 is 4.74 Å². The quantitative estimate of drug-likeness (QED) is 0.815. The van der Waals surface area contributed by atoms with Crippen molar-refractivity contribution in [1.29, 1.82) is 0 Å². The third kappa shape index (κ3) is 3.00. The Kier molecular flexibility index (Phi) is 4.46. The van der Waals surface area contributed by atoms with Crippen molar-refractivity contribution < 1.29 is 9.53 Å². The van der Waals surface area contributed by atoms with Crippen LogP contribution in [0.2, 0.25) is 0 Å². The summed E-state index contributed by atoms with van der Waals surface area (Å²) in [6.07, 6.45) is 0. The largest absolute Gasteiger partial charge is 0.469 e. The number of ether oxygens (including phenoxy) is 1. The second-order valence-corrected chi connectivity index (χ2v) is 6.52. The van der Waals surface area contributed by atoms with E-state index in [9.17, 15) is 4.79 Å². The molecule has 5 nitrogen and oxygen atoms in total. The van der Waals surface area contributed by atoms with Crippen molar-refractivity contribution in [3.8, 4) is 0 Å². The highest BCUT2D eigenvalue weighted by Gasteiger charge is 2.24. The van der Waals surface area contributed by atoms with E-state index in [2.05, 4.69) is 10.1 Å². The first-order chi connectivity index (χ1) is 9.85. The summed E-state index contributed by atoms with van der Waals surface area (Å²) in [6.45, 7) is 10.5. The summed E-state index contributed by atoms with van der Waals surface area (Å²) < 4.78 is 6.79. The highest BCUT2D eigenvalue weighted by Crippen LogP contribution is 2.26. The van der Waals surface area contributed by atoms with Crippen LogP contribution in [0.3, 0.4) is 0 Å². The normalized spacial score (nSPS) is 12.5. The first-order valence-electron chi connectivity index (χ1n) is 6.89. The Labute approximate surface area is 129 Å². The predicted molar refractivity (Wildman–Crippen MR) is 82.8 cm³/mol. The van der Waals surface area contributed by atoms with E-state index in [4.69, 9.17) is 4.74 Å². The number of carbonyl (C=O) groups excluding carboxylic acids is 1. The third-order valence-corrected chi connectivity index (χ3v) is 4.78. The lowest BCUT2D eigenvalue weighted by Gasteiger charge is -2.10. The van der Waals surface area contributed by atoms with Gasteiger partial charge in [-0.05, 0) is 34.6 Å². The van der Waals surface area contributed by atoms with Gasteiger partial charge in [-0.2, -0.15) is 5.10 Å². The number of aromatic nitrogens is 3. The minimum Gasteiger partial charge on any atom is -0.469 e. The van der Waals surface area contributed by atoms with Crippen LogP contribution in [0.4, 0.5) is 0 Å². The van der Waals surface area contributed by atoms with Gasteiger partial charge in [-0.3, -0.25) is 9.48 Å². The minimum atomic E-state index is -0.298. The number of methoxy groups -OCH3 is 1. The second kappa shape index (κ2) is 5.97. The molecule has 0 fully saturated rings. The van der Waals surface area contributed by atoms with Gasteiger partial charge in [-0.1, -0.05) is 0 Å². The Morgan fingerprint density at radius 2 is 1.95 bits per heavy atom. The molecule has 21 heavy (non-hydrogen) atoms. The summed E-state index contributed by atoms with van der Waals surface area (Å²) in [4.78, 5) is 17.4. The van der Waals surface area contributed by atoms with Crippen LogP contribution in [-0.4, -0.2) is 27.8 Å². The topological polar surface area (TPSA) is 57.0 Å². The predicted octanol–water partition coefficient (Wildman–Crippen LogP) is 2.90. The highest BCUT2D eigenvalue weighted by atomic mass is 32.1. The van der Waals surface area contributed by atoms with Crippen LogP contribution in [0.1, 0.15) is 45.4 Å². The van der Waals surface area contributed by atoms with Gasteiger partial charge >= 0.3 is 5.97 Å². The van der Waals surface area contributed by atoms with Gasteiger partial charge in [0.05, 0.1) is 36.0 Å². The summed E-state index contributed by atoms with van der Waals surface area (Å²) in [5.74, 6) is -0.529. The Morgan fingerprint density at radius 1 is 1.29 bits per heavy atom. The van der Waals surface area contributed by atoms with Crippen LogP contribution in [0.5, 0.6) is 0 Å². The van der Waals surface area contributed by atoms with E-state index >= 15 is 0 Å². The molecule has 2 rings (SSSR count). The second-order valence-electron chi connectivity index (χ2n) is 5.23. The molecule has 0 bridgehead atoms. The lowest BCUT2D eigenvalue weighted by atomic mass is 9.99. The fraction of sp³-hybridized carbons (Fsp3) is 0.533. The fourth-order valence-electron chi connectivity index (χ4n) is 2.64. The van der Waals surface area contributed by atoms with E-state index in [-0.39, 0.29) is 11.9 Å². The van der Waals surface area contributed by atoms with Crippen LogP contribution in [0.25, 0.3) is 0 Å². The van der Waals surface area contributed by atoms with E-state index in [1.165, 1.54) is 12.0 Å². The molecule has 0 saturated carbocycles.